The van der Waals surface area contributed by atoms with Crippen LogP contribution in [-0.4, -0.2) is 42.2 Å². The predicted octanol–water partition coefficient (Wildman–Crippen LogP) is 1.22. The van der Waals surface area contributed by atoms with Crippen LogP contribution >= 0.6 is 0 Å². The molecule has 17 heavy (non-hydrogen) atoms. The highest BCUT2D eigenvalue weighted by Crippen LogP contribution is 2.14. The molecular formula is C13H17NO3. The molecule has 0 bridgehead atoms. The zero-order valence-electron chi connectivity index (χ0n) is 9.71. The maximum atomic E-state index is 10.6. The molecule has 0 unspecified atom stereocenters. The van der Waals surface area contributed by atoms with Crippen LogP contribution in [0.15, 0.2) is 30.3 Å². The minimum absolute atomic E-state index is 0.177. The number of carbonyl (C=O) groups is 1. The Bertz CT molecular complexity index is 360. The van der Waals surface area contributed by atoms with E-state index in [1.807, 2.05) is 30.3 Å². The molecule has 0 amide bonds. The number of carboxylic acid groups (broad SMARTS) is 1. The minimum Gasteiger partial charge on any atom is -0.481 e. The van der Waals surface area contributed by atoms with Crippen molar-refractivity contribution in [2.24, 2.45) is 5.92 Å². The van der Waals surface area contributed by atoms with Gasteiger partial charge in [0.05, 0.1) is 19.1 Å². The van der Waals surface area contributed by atoms with Crippen LogP contribution in [0.5, 0.6) is 0 Å². The Morgan fingerprint density at radius 1 is 1.35 bits per heavy atom. The molecule has 4 nitrogen and oxygen atoms in total. The van der Waals surface area contributed by atoms with Gasteiger partial charge in [-0.25, -0.2) is 0 Å². The molecule has 0 spiro atoms. The average Bonchev–Trinajstić information content (AvgIpc) is 2.27. The van der Waals surface area contributed by atoms with Crippen LogP contribution in [-0.2, 0) is 16.1 Å². The lowest BCUT2D eigenvalue weighted by Crippen LogP contribution is -2.51. The third kappa shape index (κ3) is 3.54. The first kappa shape index (κ1) is 12.1. The van der Waals surface area contributed by atoms with Gasteiger partial charge in [0.1, 0.15) is 0 Å². The van der Waals surface area contributed by atoms with Crippen molar-refractivity contribution in [1.82, 2.24) is 4.90 Å². The lowest BCUT2D eigenvalue weighted by Gasteiger charge is -2.36. The first-order chi connectivity index (χ1) is 8.25. The van der Waals surface area contributed by atoms with Crippen molar-refractivity contribution in [2.75, 3.05) is 26.2 Å². The van der Waals surface area contributed by atoms with Gasteiger partial charge in [-0.15, -0.1) is 0 Å². The average molecular weight is 235 g/mol. The summed E-state index contributed by atoms with van der Waals surface area (Å²) in [5.41, 5.74) is 1.17. The number of aliphatic carboxylic acids is 1. The summed E-state index contributed by atoms with van der Waals surface area (Å²) in [6.07, 6.45) is 0. The fourth-order valence-corrected chi connectivity index (χ4v) is 1.87. The molecule has 1 saturated heterocycles. The molecule has 1 heterocycles. The normalized spacial score (nSPS) is 16.7. The first-order valence-corrected chi connectivity index (χ1v) is 5.82. The molecule has 4 heteroatoms. The topological polar surface area (TPSA) is 49.8 Å². The molecule has 0 aromatic heterocycles. The zero-order chi connectivity index (χ0) is 12.1. The molecule has 1 aromatic rings. The van der Waals surface area contributed by atoms with Gasteiger partial charge < -0.3 is 9.84 Å². The second-order valence-corrected chi connectivity index (χ2v) is 4.33. The maximum Gasteiger partial charge on any atom is 0.309 e. The second-order valence-electron chi connectivity index (χ2n) is 4.33. The maximum absolute atomic E-state index is 10.6. The SMILES string of the molecule is O=C(O)C1CN(CCOCc2ccccc2)C1. The molecule has 0 atom stereocenters. The van der Waals surface area contributed by atoms with Crippen molar-refractivity contribution in [3.05, 3.63) is 35.9 Å². The molecule has 1 aliphatic rings. The number of nitrogens with zero attached hydrogens (tertiary/aromatic N) is 1. The van der Waals surface area contributed by atoms with Gasteiger partial charge in [0.25, 0.3) is 0 Å². The number of hydrogen-bond donors (Lipinski definition) is 1. The Kier molecular flexibility index (Phi) is 4.12. The van der Waals surface area contributed by atoms with Crippen LogP contribution in [0.4, 0.5) is 0 Å². The highest BCUT2D eigenvalue weighted by atomic mass is 16.5. The number of rotatable bonds is 6. The van der Waals surface area contributed by atoms with Crippen molar-refractivity contribution in [2.45, 2.75) is 6.61 Å². The van der Waals surface area contributed by atoms with Crippen molar-refractivity contribution < 1.29 is 14.6 Å². The number of benzene rings is 1. The van der Waals surface area contributed by atoms with Gasteiger partial charge >= 0.3 is 5.97 Å². The fraction of sp³-hybridized carbons (Fsp3) is 0.462. The van der Waals surface area contributed by atoms with Gasteiger partial charge in [0.15, 0.2) is 0 Å². The van der Waals surface area contributed by atoms with Crippen molar-refractivity contribution in [3.63, 3.8) is 0 Å². The predicted molar refractivity (Wildman–Crippen MR) is 63.7 cm³/mol. The summed E-state index contributed by atoms with van der Waals surface area (Å²) in [6, 6.07) is 10.0. The summed E-state index contributed by atoms with van der Waals surface area (Å²) in [5.74, 6) is -0.865. The quantitative estimate of drug-likeness (QED) is 0.753. The van der Waals surface area contributed by atoms with Gasteiger partial charge in [-0.05, 0) is 5.56 Å². The highest BCUT2D eigenvalue weighted by Gasteiger charge is 2.31. The van der Waals surface area contributed by atoms with Crippen LogP contribution in [0.25, 0.3) is 0 Å². The Hall–Kier alpha value is -1.39. The largest absolute Gasteiger partial charge is 0.481 e. The molecule has 0 saturated carbocycles. The summed E-state index contributed by atoms with van der Waals surface area (Å²) < 4.78 is 5.53. The lowest BCUT2D eigenvalue weighted by atomic mass is 10.0. The standard InChI is InChI=1S/C13H17NO3/c15-13(16)12-8-14(9-12)6-7-17-10-11-4-2-1-3-5-11/h1-5,12H,6-10H2,(H,15,16). The van der Waals surface area contributed by atoms with Gasteiger partial charge in [0, 0.05) is 19.6 Å². The van der Waals surface area contributed by atoms with Crippen LogP contribution in [0.1, 0.15) is 5.56 Å². The van der Waals surface area contributed by atoms with Gasteiger partial charge in [0.2, 0.25) is 0 Å². The number of likely N-dealkylation sites (tertiary alicyclic amines) is 1. The van der Waals surface area contributed by atoms with Crippen molar-refractivity contribution in [3.8, 4) is 0 Å². The molecule has 2 rings (SSSR count). The Balaban J connectivity index is 1.55. The molecule has 1 aromatic carbocycles. The minimum atomic E-state index is -0.688. The van der Waals surface area contributed by atoms with Gasteiger partial charge in [-0.3, -0.25) is 9.69 Å². The number of hydrogen-bond acceptors (Lipinski definition) is 3. The molecule has 1 aliphatic heterocycles. The molecule has 92 valence electrons. The lowest BCUT2D eigenvalue weighted by molar-refractivity contribution is -0.147. The zero-order valence-corrected chi connectivity index (χ0v) is 9.71. The Labute approximate surface area is 101 Å². The van der Waals surface area contributed by atoms with E-state index in [2.05, 4.69) is 4.90 Å². The smallest absolute Gasteiger partial charge is 0.309 e. The van der Waals surface area contributed by atoms with Crippen LogP contribution in [0.2, 0.25) is 0 Å². The van der Waals surface area contributed by atoms with E-state index < -0.39 is 5.97 Å². The van der Waals surface area contributed by atoms with Crippen molar-refractivity contribution in [1.29, 1.82) is 0 Å². The summed E-state index contributed by atoms with van der Waals surface area (Å²) in [4.78, 5) is 12.7. The highest BCUT2D eigenvalue weighted by molar-refractivity contribution is 5.71. The molecule has 0 aliphatic carbocycles. The third-order valence-corrected chi connectivity index (χ3v) is 2.97. The molecule has 1 N–H and O–H groups in total. The van der Waals surface area contributed by atoms with E-state index in [4.69, 9.17) is 9.84 Å². The van der Waals surface area contributed by atoms with E-state index in [-0.39, 0.29) is 5.92 Å². The third-order valence-electron chi connectivity index (χ3n) is 2.97. The Morgan fingerprint density at radius 2 is 2.06 bits per heavy atom. The van der Waals surface area contributed by atoms with E-state index >= 15 is 0 Å². The molecular weight excluding hydrogens is 218 g/mol. The second kappa shape index (κ2) is 5.80. The number of ether oxygens (including phenoxy) is 1. The fourth-order valence-electron chi connectivity index (χ4n) is 1.87. The van der Waals surface area contributed by atoms with Crippen LogP contribution in [0, 0.1) is 5.92 Å². The van der Waals surface area contributed by atoms with E-state index in [9.17, 15) is 4.79 Å². The molecule has 1 fully saturated rings. The first-order valence-electron chi connectivity index (χ1n) is 5.82. The number of carboxylic acids is 1. The summed E-state index contributed by atoms with van der Waals surface area (Å²) in [7, 11) is 0. The van der Waals surface area contributed by atoms with E-state index in [0.717, 1.165) is 6.54 Å². The summed E-state index contributed by atoms with van der Waals surface area (Å²) in [6.45, 7) is 3.41. The van der Waals surface area contributed by atoms with Crippen LogP contribution < -0.4 is 0 Å². The van der Waals surface area contributed by atoms with Gasteiger partial charge in [-0.2, -0.15) is 0 Å². The molecule has 0 radical (unpaired) electrons. The summed E-state index contributed by atoms with van der Waals surface area (Å²) in [5, 5.41) is 8.71. The monoisotopic (exact) mass is 235 g/mol. The van der Waals surface area contributed by atoms with Crippen LogP contribution in [0.3, 0.4) is 0 Å². The van der Waals surface area contributed by atoms with E-state index in [0.29, 0.717) is 26.3 Å². The van der Waals surface area contributed by atoms with Gasteiger partial charge in [-0.1, -0.05) is 30.3 Å². The van der Waals surface area contributed by atoms with E-state index in [1.54, 1.807) is 0 Å². The summed E-state index contributed by atoms with van der Waals surface area (Å²) >= 11 is 0. The van der Waals surface area contributed by atoms with Crippen molar-refractivity contribution >= 4 is 5.97 Å². The Morgan fingerprint density at radius 3 is 2.71 bits per heavy atom. The van der Waals surface area contributed by atoms with E-state index in [1.165, 1.54) is 5.56 Å².